The number of amides is 1. The molecule has 0 radical (unpaired) electrons. The first-order chi connectivity index (χ1) is 12.8. The number of thioether (sulfide) groups is 1. The van der Waals surface area contributed by atoms with Gasteiger partial charge in [0.15, 0.2) is 17.2 Å². The van der Waals surface area contributed by atoms with Gasteiger partial charge in [-0.05, 0) is 30.6 Å². The third kappa shape index (κ3) is 3.95. The van der Waals surface area contributed by atoms with Gasteiger partial charge in [-0.1, -0.05) is 6.07 Å². The van der Waals surface area contributed by atoms with Crippen LogP contribution >= 0.6 is 24.2 Å². The summed E-state index contributed by atoms with van der Waals surface area (Å²) >= 11 is 1.74. The number of pyridine rings is 1. The standard InChI is InChI=1S/C17H21N7OS.ClH/c1-26-9-6-13(16-23-21-14-4-2-3-8-24(14)16)19-17(25)15-11-10-18-7-5-12(11)20-22-15;/h2-4,8,13,18H,5-7,9-10H2,1H3,(H,19,25)(H,20,22);1H. The summed E-state index contributed by atoms with van der Waals surface area (Å²) in [4.78, 5) is 12.9. The number of aromatic amines is 1. The van der Waals surface area contributed by atoms with Crippen molar-refractivity contribution in [3.05, 3.63) is 47.2 Å². The maximum atomic E-state index is 12.9. The molecule has 1 atom stereocenters. The summed E-state index contributed by atoms with van der Waals surface area (Å²) in [5, 5.41) is 22.2. The van der Waals surface area contributed by atoms with Gasteiger partial charge in [0.05, 0.1) is 6.04 Å². The van der Waals surface area contributed by atoms with Crippen molar-refractivity contribution in [3.8, 4) is 0 Å². The lowest BCUT2D eigenvalue weighted by Crippen LogP contribution is -2.32. The maximum absolute atomic E-state index is 12.9. The lowest BCUT2D eigenvalue weighted by atomic mass is 10.1. The van der Waals surface area contributed by atoms with Crippen LogP contribution in [0.3, 0.4) is 0 Å². The monoisotopic (exact) mass is 407 g/mol. The van der Waals surface area contributed by atoms with Crippen molar-refractivity contribution in [1.29, 1.82) is 0 Å². The summed E-state index contributed by atoms with van der Waals surface area (Å²) in [6.07, 6.45) is 5.60. The first-order valence-corrected chi connectivity index (χ1v) is 10.0. The zero-order valence-corrected chi connectivity index (χ0v) is 16.6. The number of nitrogens with one attached hydrogen (secondary N) is 3. The number of fused-ring (bicyclic) bond motifs is 2. The molecule has 144 valence electrons. The molecule has 8 nitrogen and oxygen atoms in total. The Morgan fingerprint density at radius 1 is 1.41 bits per heavy atom. The molecule has 3 aromatic heterocycles. The van der Waals surface area contributed by atoms with Crippen LogP contribution in [0.5, 0.6) is 0 Å². The highest BCUT2D eigenvalue weighted by Gasteiger charge is 2.26. The smallest absolute Gasteiger partial charge is 0.272 e. The van der Waals surface area contributed by atoms with E-state index >= 15 is 0 Å². The van der Waals surface area contributed by atoms with Crippen LogP contribution in [-0.2, 0) is 13.0 Å². The fraction of sp³-hybridized carbons (Fsp3) is 0.412. The molecule has 0 bridgehead atoms. The van der Waals surface area contributed by atoms with E-state index < -0.39 is 0 Å². The van der Waals surface area contributed by atoms with Crippen molar-refractivity contribution in [2.45, 2.75) is 25.4 Å². The highest BCUT2D eigenvalue weighted by Crippen LogP contribution is 2.21. The van der Waals surface area contributed by atoms with Crippen LogP contribution in [0.2, 0.25) is 0 Å². The zero-order chi connectivity index (χ0) is 17.9. The van der Waals surface area contributed by atoms with Crippen molar-refractivity contribution in [3.63, 3.8) is 0 Å². The maximum Gasteiger partial charge on any atom is 0.272 e. The highest BCUT2D eigenvalue weighted by atomic mass is 35.5. The van der Waals surface area contributed by atoms with E-state index in [1.54, 1.807) is 11.8 Å². The summed E-state index contributed by atoms with van der Waals surface area (Å²) in [7, 11) is 0. The predicted octanol–water partition coefficient (Wildman–Crippen LogP) is 1.74. The number of hydrogen-bond acceptors (Lipinski definition) is 6. The Morgan fingerprint density at radius 3 is 3.15 bits per heavy atom. The second-order valence-electron chi connectivity index (χ2n) is 6.25. The first kappa shape index (κ1) is 19.7. The van der Waals surface area contributed by atoms with Crippen LogP contribution in [0.1, 0.15) is 40.0 Å². The fourth-order valence-electron chi connectivity index (χ4n) is 3.24. The molecule has 3 N–H and O–H groups in total. The van der Waals surface area contributed by atoms with Gasteiger partial charge in [0.25, 0.3) is 5.91 Å². The van der Waals surface area contributed by atoms with Gasteiger partial charge in [-0.3, -0.25) is 14.3 Å². The number of carbonyl (C=O) groups excluding carboxylic acids is 1. The van der Waals surface area contributed by atoms with Crippen LogP contribution in [0, 0.1) is 0 Å². The molecule has 0 fully saturated rings. The average molecular weight is 408 g/mol. The van der Waals surface area contributed by atoms with Gasteiger partial charge >= 0.3 is 0 Å². The lowest BCUT2D eigenvalue weighted by molar-refractivity contribution is 0.0927. The molecule has 0 saturated heterocycles. The van der Waals surface area contributed by atoms with E-state index in [0.717, 1.165) is 47.9 Å². The number of carbonyl (C=O) groups is 1. The Balaban J connectivity index is 0.00000210. The first-order valence-electron chi connectivity index (χ1n) is 8.64. The summed E-state index contributed by atoms with van der Waals surface area (Å²) in [5.41, 5.74) is 3.24. The topological polar surface area (TPSA) is 100 Å². The van der Waals surface area contributed by atoms with Gasteiger partial charge in [-0.2, -0.15) is 16.9 Å². The third-order valence-corrected chi connectivity index (χ3v) is 5.23. The second kappa shape index (κ2) is 8.73. The molecule has 27 heavy (non-hydrogen) atoms. The van der Waals surface area contributed by atoms with E-state index in [0.29, 0.717) is 12.2 Å². The largest absolute Gasteiger partial charge is 0.341 e. The summed E-state index contributed by atoms with van der Waals surface area (Å²) in [5.74, 6) is 1.47. The Morgan fingerprint density at radius 2 is 2.30 bits per heavy atom. The van der Waals surface area contributed by atoms with Crippen molar-refractivity contribution in [2.75, 3.05) is 18.6 Å². The van der Waals surface area contributed by atoms with E-state index in [9.17, 15) is 4.79 Å². The summed E-state index contributed by atoms with van der Waals surface area (Å²) in [6, 6.07) is 5.53. The van der Waals surface area contributed by atoms with E-state index in [2.05, 4.69) is 37.3 Å². The Kier molecular flexibility index (Phi) is 6.35. The molecule has 10 heteroatoms. The molecule has 0 aromatic carbocycles. The van der Waals surface area contributed by atoms with E-state index in [4.69, 9.17) is 0 Å². The minimum absolute atomic E-state index is 0. The number of rotatable bonds is 6. The SMILES string of the molecule is CSCCC(NC(=O)c1n[nH]c2c1CNCC2)c1nnc2ccccn12.Cl. The molecule has 3 aromatic rings. The Labute approximate surface area is 167 Å². The quantitative estimate of drug-likeness (QED) is 0.575. The lowest BCUT2D eigenvalue weighted by Gasteiger charge is -2.17. The van der Waals surface area contributed by atoms with Crippen LogP contribution in [0.4, 0.5) is 0 Å². The van der Waals surface area contributed by atoms with Gasteiger partial charge < -0.3 is 10.6 Å². The van der Waals surface area contributed by atoms with Crippen LogP contribution < -0.4 is 10.6 Å². The molecule has 0 aliphatic carbocycles. The number of nitrogens with zero attached hydrogens (tertiary/aromatic N) is 4. The van der Waals surface area contributed by atoms with Gasteiger partial charge in [0.1, 0.15) is 0 Å². The van der Waals surface area contributed by atoms with E-state index in [1.807, 2.05) is 28.8 Å². The van der Waals surface area contributed by atoms with Gasteiger partial charge in [0, 0.05) is 37.0 Å². The number of aromatic nitrogens is 5. The summed E-state index contributed by atoms with van der Waals surface area (Å²) < 4.78 is 1.92. The van der Waals surface area contributed by atoms with Gasteiger partial charge in [0.2, 0.25) is 0 Å². The van der Waals surface area contributed by atoms with Crippen LogP contribution in [0.15, 0.2) is 24.4 Å². The number of H-pyrrole nitrogens is 1. The number of halogens is 1. The Bertz CT molecular complexity index is 925. The molecular weight excluding hydrogens is 386 g/mol. The molecule has 1 aliphatic heterocycles. The summed E-state index contributed by atoms with van der Waals surface area (Å²) in [6.45, 7) is 1.57. The number of hydrogen-bond donors (Lipinski definition) is 3. The Hall–Kier alpha value is -2.10. The van der Waals surface area contributed by atoms with E-state index in [1.165, 1.54) is 0 Å². The average Bonchev–Trinajstić information content (AvgIpc) is 3.29. The van der Waals surface area contributed by atoms with Crippen LogP contribution in [0.25, 0.3) is 5.65 Å². The van der Waals surface area contributed by atoms with Crippen molar-refractivity contribution < 1.29 is 4.79 Å². The second-order valence-corrected chi connectivity index (χ2v) is 7.24. The van der Waals surface area contributed by atoms with E-state index in [-0.39, 0.29) is 24.4 Å². The fourth-order valence-corrected chi connectivity index (χ4v) is 3.71. The molecule has 4 rings (SSSR count). The molecule has 1 unspecified atom stereocenters. The molecule has 0 spiro atoms. The highest BCUT2D eigenvalue weighted by molar-refractivity contribution is 7.98. The molecule has 4 heterocycles. The minimum Gasteiger partial charge on any atom is -0.341 e. The minimum atomic E-state index is -0.226. The zero-order valence-electron chi connectivity index (χ0n) is 14.9. The van der Waals surface area contributed by atoms with Crippen LogP contribution in [-0.4, -0.2) is 49.3 Å². The molecule has 1 aliphatic rings. The van der Waals surface area contributed by atoms with Crippen molar-refractivity contribution >= 4 is 35.7 Å². The molecule has 0 saturated carbocycles. The normalized spacial score (nSPS) is 14.4. The van der Waals surface area contributed by atoms with Gasteiger partial charge in [-0.15, -0.1) is 22.6 Å². The molecule has 1 amide bonds. The predicted molar refractivity (Wildman–Crippen MR) is 107 cm³/mol. The van der Waals surface area contributed by atoms with Gasteiger partial charge in [-0.25, -0.2) is 0 Å². The van der Waals surface area contributed by atoms with Crippen molar-refractivity contribution in [2.24, 2.45) is 0 Å². The van der Waals surface area contributed by atoms with Crippen molar-refractivity contribution in [1.82, 2.24) is 35.4 Å². The third-order valence-electron chi connectivity index (χ3n) is 4.59. The molecular formula is C17H22ClN7OS.